The molecule has 0 saturated carbocycles. The first-order chi connectivity index (χ1) is 15.6. The van der Waals surface area contributed by atoms with Crippen LogP contribution in [-0.4, -0.2) is 51.6 Å². The number of amides is 2. The zero-order valence-corrected chi connectivity index (χ0v) is 17.2. The van der Waals surface area contributed by atoms with Crippen LogP contribution in [0.5, 0.6) is 0 Å². The minimum absolute atomic E-state index is 0.00295. The molecule has 32 heavy (non-hydrogen) atoms. The van der Waals surface area contributed by atoms with Gasteiger partial charge in [0.2, 0.25) is 11.7 Å². The first-order valence-corrected chi connectivity index (χ1v) is 10.4. The highest BCUT2D eigenvalue weighted by molar-refractivity contribution is 6.07. The zero-order chi connectivity index (χ0) is 22.1. The summed E-state index contributed by atoms with van der Waals surface area (Å²) in [5.74, 6) is -0.997. The van der Waals surface area contributed by atoms with E-state index in [4.69, 9.17) is 4.42 Å². The van der Waals surface area contributed by atoms with Gasteiger partial charge in [-0.25, -0.2) is 4.98 Å². The van der Waals surface area contributed by atoms with Crippen molar-refractivity contribution in [3.8, 4) is 0 Å². The lowest BCUT2D eigenvalue weighted by atomic mass is 10.1. The van der Waals surface area contributed by atoms with Gasteiger partial charge in [0.05, 0.1) is 17.6 Å². The molecule has 0 aliphatic carbocycles. The van der Waals surface area contributed by atoms with Crippen molar-refractivity contribution in [2.24, 2.45) is 0 Å². The molecule has 1 aliphatic heterocycles. The van der Waals surface area contributed by atoms with E-state index in [2.05, 4.69) is 15.3 Å². The van der Waals surface area contributed by atoms with Gasteiger partial charge < -0.3 is 14.6 Å². The molecule has 4 aromatic rings. The van der Waals surface area contributed by atoms with Crippen molar-refractivity contribution < 1.29 is 18.8 Å². The van der Waals surface area contributed by atoms with E-state index >= 15 is 0 Å². The number of aromatic nitrogens is 2. The number of para-hydroxylation sites is 3. The van der Waals surface area contributed by atoms with Gasteiger partial charge in [-0.15, -0.1) is 0 Å². The predicted octanol–water partition coefficient (Wildman–Crippen LogP) is 2.98. The van der Waals surface area contributed by atoms with Crippen LogP contribution >= 0.6 is 0 Å². The molecule has 2 aromatic carbocycles. The van der Waals surface area contributed by atoms with Crippen LogP contribution in [0.25, 0.3) is 22.0 Å². The summed E-state index contributed by atoms with van der Waals surface area (Å²) >= 11 is 0. The number of benzene rings is 2. The highest BCUT2D eigenvalue weighted by Crippen LogP contribution is 2.23. The second-order valence-electron chi connectivity index (χ2n) is 7.65. The number of nitrogens with zero attached hydrogens (tertiary/aromatic N) is 3. The first-order valence-electron chi connectivity index (χ1n) is 10.4. The topological polar surface area (TPSA) is 105 Å². The molecule has 160 valence electrons. The number of likely N-dealkylation sites (tertiary alicyclic amines) is 1. The fourth-order valence-electron chi connectivity index (χ4n) is 4.10. The van der Waals surface area contributed by atoms with E-state index in [1.165, 1.54) is 4.90 Å². The number of fused-ring (bicyclic) bond motifs is 2. The zero-order valence-electron chi connectivity index (χ0n) is 17.2. The molecule has 5 rings (SSSR count). The largest absolute Gasteiger partial charge is 0.434 e. The average molecular weight is 428 g/mol. The molecule has 8 nitrogen and oxygen atoms in total. The maximum absolute atomic E-state index is 13.0. The van der Waals surface area contributed by atoms with E-state index in [0.29, 0.717) is 47.0 Å². The van der Waals surface area contributed by atoms with Gasteiger partial charge in [0, 0.05) is 18.1 Å². The van der Waals surface area contributed by atoms with Crippen LogP contribution in [0.15, 0.2) is 65.2 Å². The molecule has 1 aliphatic rings. The van der Waals surface area contributed by atoms with Crippen molar-refractivity contribution in [3.63, 3.8) is 0 Å². The molecule has 0 spiro atoms. The summed E-state index contributed by atoms with van der Waals surface area (Å²) in [5.41, 5.74) is 2.28. The summed E-state index contributed by atoms with van der Waals surface area (Å²) in [6.45, 7) is 0.246. The number of oxazole rings is 1. The molecular weight excluding hydrogens is 408 g/mol. The molecule has 1 N–H and O–H groups in total. The number of hydrogen-bond acceptors (Lipinski definition) is 6. The third-order valence-corrected chi connectivity index (χ3v) is 5.67. The smallest absolute Gasteiger partial charge is 0.266 e. The van der Waals surface area contributed by atoms with Crippen molar-refractivity contribution >= 4 is 39.6 Å². The monoisotopic (exact) mass is 428 g/mol. The molecule has 1 fully saturated rings. The van der Waals surface area contributed by atoms with Gasteiger partial charge >= 0.3 is 0 Å². The Balaban J connectivity index is 1.28. The van der Waals surface area contributed by atoms with Crippen LogP contribution in [0.1, 0.15) is 33.9 Å². The van der Waals surface area contributed by atoms with Crippen molar-refractivity contribution in [2.45, 2.75) is 18.9 Å². The predicted molar refractivity (Wildman–Crippen MR) is 117 cm³/mol. The summed E-state index contributed by atoms with van der Waals surface area (Å²) in [6, 6.07) is 15.4. The van der Waals surface area contributed by atoms with Gasteiger partial charge in [0.1, 0.15) is 11.6 Å². The highest BCUT2D eigenvalue weighted by Gasteiger charge is 2.36. The number of Topliss-reactive ketones (excluding diaryl/α,β-unsaturated/α-hetero) is 1. The minimum Gasteiger partial charge on any atom is -0.434 e. The highest BCUT2D eigenvalue weighted by atomic mass is 16.4. The number of carbonyl (C=O) groups excluding carboxylic acids is 3. The third-order valence-electron chi connectivity index (χ3n) is 5.67. The van der Waals surface area contributed by atoms with Crippen LogP contribution in [0.3, 0.4) is 0 Å². The summed E-state index contributed by atoms with van der Waals surface area (Å²) in [6.07, 6.45) is 2.80. The van der Waals surface area contributed by atoms with E-state index in [1.54, 1.807) is 24.4 Å². The fourth-order valence-corrected chi connectivity index (χ4v) is 4.10. The van der Waals surface area contributed by atoms with Gasteiger partial charge in [-0.2, -0.15) is 0 Å². The Morgan fingerprint density at radius 1 is 1.03 bits per heavy atom. The Labute approximate surface area is 183 Å². The summed E-state index contributed by atoms with van der Waals surface area (Å²) in [4.78, 5) is 48.6. The maximum Gasteiger partial charge on any atom is 0.266 e. The minimum atomic E-state index is -0.644. The molecule has 0 unspecified atom stereocenters. The molecule has 8 heteroatoms. The lowest BCUT2D eigenvalue weighted by Crippen LogP contribution is -2.45. The molecular formula is C24H20N4O4. The van der Waals surface area contributed by atoms with Crippen LogP contribution in [0.4, 0.5) is 0 Å². The lowest BCUT2D eigenvalue weighted by Gasteiger charge is -2.22. The number of nitrogens with one attached hydrogen (secondary N) is 1. The quantitative estimate of drug-likeness (QED) is 0.490. The average Bonchev–Trinajstić information content (AvgIpc) is 3.49. The van der Waals surface area contributed by atoms with E-state index in [0.717, 1.165) is 0 Å². The fraction of sp³-hybridized carbons (Fsp3) is 0.208. The molecule has 2 aromatic heterocycles. The molecule has 1 atom stereocenters. The number of carbonyl (C=O) groups is 3. The Kier molecular flexibility index (Phi) is 5.10. The molecule has 0 bridgehead atoms. The Bertz CT molecular complexity index is 1310. The van der Waals surface area contributed by atoms with E-state index < -0.39 is 6.04 Å². The van der Waals surface area contributed by atoms with Crippen molar-refractivity contribution in [3.05, 3.63) is 72.2 Å². The second kappa shape index (κ2) is 8.22. The second-order valence-corrected chi connectivity index (χ2v) is 7.65. The maximum atomic E-state index is 13.0. The number of ketones is 1. The van der Waals surface area contributed by atoms with Gasteiger partial charge in [0.15, 0.2) is 5.58 Å². The van der Waals surface area contributed by atoms with E-state index in [1.807, 2.05) is 36.4 Å². The van der Waals surface area contributed by atoms with Crippen molar-refractivity contribution in [2.75, 3.05) is 13.1 Å². The number of pyridine rings is 1. The standard InChI is InChI=1S/C24H20N4O4/c29-21(14-26-23(31)16-11-12-25-17-7-2-1-6-15(16)17)28-13-5-9-19(28)22(30)24-27-18-8-3-4-10-20(18)32-24/h1-4,6-8,10-12,19H,5,9,13-14H2,(H,26,31)/t19-/m0/s1. The molecule has 0 radical (unpaired) electrons. The third kappa shape index (κ3) is 3.60. The van der Waals surface area contributed by atoms with Gasteiger partial charge in [-0.3, -0.25) is 19.4 Å². The number of hydrogen-bond donors (Lipinski definition) is 1. The van der Waals surface area contributed by atoms with Gasteiger partial charge in [-0.05, 0) is 37.1 Å². The Morgan fingerprint density at radius 2 is 1.81 bits per heavy atom. The van der Waals surface area contributed by atoms with Crippen LogP contribution in [0, 0.1) is 0 Å². The summed E-state index contributed by atoms with van der Waals surface area (Å²) in [5, 5.41) is 3.39. The van der Waals surface area contributed by atoms with E-state index in [9.17, 15) is 14.4 Å². The van der Waals surface area contributed by atoms with Gasteiger partial charge in [-0.1, -0.05) is 30.3 Å². The van der Waals surface area contributed by atoms with Crippen LogP contribution < -0.4 is 5.32 Å². The summed E-state index contributed by atoms with van der Waals surface area (Å²) < 4.78 is 5.59. The van der Waals surface area contributed by atoms with Crippen LogP contribution in [0.2, 0.25) is 0 Å². The van der Waals surface area contributed by atoms with Crippen molar-refractivity contribution in [1.82, 2.24) is 20.2 Å². The van der Waals surface area contributed by atoms with Crippen molar-refractivity contribution in [1.29, 1.82) is 0 Å². The Hall–Kier alpha value is -4.07. The summed E-state index contributed by atoms with van der Waals surface area (Å²) in [7, 11) is 0. The van der Waals surface area contributed by atoms with Gasteiger partial charge in [0.25, 0.3) is 11.8 Å². The lowest BCUT2D eigenvalue weighted by molar-refractivity contribution is -0.130. The number of rotatable bonds is 5. The SMILES string of the molecule is O=C(NCC(=O)N1CCC[C@H]1C(=O)c1nc2ccccc2o1)c1ccnc2ccccc12. The first kappa shape index (κ1) is 19.9. The molecule has 2 amide bonds. The Morgan fingerprint density at radius 3 is 2.66 bits per heavy atom. The van der Waals surface area contributed by atoms with E-state index in [-0.39, 0.29) is 30.0 Å². The normalized spacial score (nSPS) is 15.9. The molecule has 1 saturated heterocycles. The van der Waals surface area contributed by atoms with Crippen LogP contribution in [-0.2, 0) is 4.79 Å². The molecule has 3 heterocycles.